The van der Waals surface area contributed by atoms with Crippen LogP contribution in [0.5, 0.6) is 0 Å². The van der Waals surface area contributed by atoms with Crippen LogP contribution < -0.4 is 5.32 Å². The van der Waals surface area contributed by atoms with E-state index in [2.05, 4.69) is 11.4 Å². The summed E-state index contributed by atoms with van der Waals surface area (Å²) in [5, 5.41) is 13.0. The fraction of sp³-hybridized carbons (Fsp3) is 0.0714. The SMILES string of the molecule is CNc1c(Cl)c(Cl)cc(-c2ccccc2)c1C#N. The maximum Gasteiger partial charge on any atom is 0.102 e. The largest absolute Gasteiger partial charge is 0.386 e. The minimum Gasteiger partial charge on any atom is -0.386 e. The molecule has 4 heteroatoms. The standard InChI is InChI=1S/C14H10Cl2N2/c1-18-14-11(8-17)10(7-12(15)13(14)16)9-5-3-2-4-6-9/h2-7,18H,1H3. The molecule has 0 fully saturated rings. The lowest BCUT2D eigenvalue weighted by molar-refractivity contribution is 1.43. The Morgan fingerprint density at radius 2 is 1.83 bits per heavy atom. The van der Waals surface area contributed by atoms with E-state index in [1.165, 1.54) is 0 Å². The van der Waals surface area contributed by atoms with Crippen molar-refractivity contribution in [3.63, 3.8) is 0 Å². The maximum absolute atomic E-state index is 9.32. The topological polar surface area (TPSA) is 35.8 Å². The van der Waals surface area contributed by atoms with Crippen LogP contribution >= 0.6 is 23.2 Å². The van der Waals surface area contributed by atoms with Crippen LogP contribution in [-0.2, 0) is 0 Å². The minimum atomic E-state index is 0.371. The van der Waals surface area contributed by atoms with Crippen LogP contribution in [0, 0.1) is 11.3 Å². The van der Waals surface area contributed by atoms with Crippen molar-refractivity contribution in [1.29, 1.82) is 5.26 Å². The van der Waals surface area contributed by atoms with Crippen molar-refractivity contribution in [2.24, 2.45) is 0 Å². The highest BCUT2D eigenvalue weighted by Crippen LogP contribution is 2.39. The molecule has 0 amide bonds. The van der Waals surface area contributed by atoms with E-state index in [9.17, 15) is 5.26 Å². The Labute approximate surface area is 116 Å². The summed E-state index contributed by atoms with van der Waals surface area (Å²) in [6, 6.07) is 13.5. The Morgan fingerprint density at radius 3 is 2.39 bits per heavy atom. The molecule has 0 saturated heterocycles. The first-order chi connectivity index (χ1) is 8.69. The van der Waals surface area contributed by atoms with Gasteiger partial charge in [-0.05, 0) is 11.6 Å². The van der Waals surface area contributed by atoms with Crippen molar-refractivity contribution in [3.05, 3.63) is 52.0 Å². The normalized spacial score (nSPS) is 9.89. The van der Waals surface area contributed by atoms with Crippen LogP contribution in [0.3, 0.4) is 0 Å². The lowest BCUT2D eigenvalue weighted by Gasteiger charge is -2.12. The fourth-order valence-corrected chi connectivity index (χ4v) is 2.27. The molecule has 0 atom stereocenters. The Balaban J connectivity index is 2.77. The second kappa shape index (κ2) is 5.30. The molecule has 2 aromatic rings. The van der Waals surface area contributed by atoms with Gasteiger partial charge < -0.3 is 5.32 Å². The lowest BCUT2D eigenvalue weighted by atomic mass is 9.99. The van der Waals surface area contributed by atoms with E-state index in [4.69, 9.17) is 23.2 Å². The monoisotopic (exact) mass is 276 g/mol. The molecular formula is C14H10Cl2N2. The summed E-state index contributed by atoms with van der Waals surface area (Å²) in [5.74, 6) is 0. The molecule has 0 spiro atoms. The van der Waals surface area contributed by atoms with Crippen molar-refractivity contribution < 1.29 is 0 Å². The first kappa shape index (κ1) is 12.8. The summed E-state index contributed by atoms with van der Waals surface area (Å²) >= 11 is 12.2. The van der Waals surface area contributed by atoms with E-state index >= 15 is 0 Å². The molecule has 0 unspecified atom stereocenters. The number of hydrogen-bond donors (Lipinski definition) is 1. The van der Waals surface area contributed by atoms with Gasteiger partial charge in [-0.2, -0.15) is 5.26 Å². The first-order valence-electron chi connectivity index (χ1n) is 5.34. The van der Waals surface area contributed by atoms with Gasteiger partial charge in [0.1, 0.15) is 6.07 Å². The molecule has 0 aliphatic rings. The van der Waals surface area contributed by atoms with Crippen LogP contribution in [0.2, 0.25) is 10.0 Å². The molecule has 90 valence electrons. The highest BCUT2D eigenvalue weighted by molar-refractivity contribution is 6.44. The summed E-state index contributed by atoms with van der Waals surface area (Å²) in [7, 11) is 1.72. The van der Waals surface area contributed by atoms with Crippen molar-refractivity contribution >= 4 is 28.9 Å². The van der Waals surface area contributed by atoms with Crippen LogP contribution in [0.15, 0.2) is 36.4 Å². The van der Waals surface area contributed by atoms with Gasteiger partial charge in [-0.25, -0.2) is 0 Å². The average molecular weight is 277 g/mol. The van der Waals surface area contributed by atoms with E-state index in [0.717, 1.165) is 11.1 Å². The van der Waals surface area contributed by atoms with Crippen LogP contribution in [0.4, 0.5) is 5.69 Å². The molecule has 0 aromatic heterocycles. The number of anilines is 1. The Morgan fingerprint density at radius 1 is 1.17 bits per heavy atom. The predicted molar refractivity (Wildman–Crippen MR) is 76.2 cm³/mol. The lowest BCUT2D eigenvalue weighted by Crippen LogP contribution is -1.97. The average Bonchev–Trinajstić information content (AvgIpc) is 2.42. The van der Waals surface area contributed by atoms with Crippen molar-refractivity contribution in [2.45, 2.75) is 0 Å². The summed E-state index contributed by atoms with van der Waals surface area (Å²) < 4.78 is 0. The van der Waals surface area contributed by atoms with Crippen LogP contribution in [0.1, 0.15) is 5.56 Å². The Kier molecular flexibility index (Phi) is 3.76. The molecule has 0 bridgehead atoms. The summed E-state index contributed by atoms with van der Waals surface area (Å²) in [6.07, 6.45) is 0. The van der Waals surface area contributed by atoms with Crippen LogP contribution in [-0.4, -0.2) is 7.05 Å². The number of rotatable bonds is 2. The summed E-state index contributed by atoms with van der Waals surface area (Å²) in [5.41, 5.74) is 2.77. The number of nitriles is 1. The number of hydrogen-bond acceptors (Lipinski definition) is 2. The minimum absolute atomic E-state index is 0.371. The molecule has 0 radical (unpaired) electrons. The molecule has 0 heterocycles. The molecule has 2 aromatic carbocycles. The zero-order valence-corrected chi connectivity index (χ0v) is 11.2. The van der Waals surface area contributed by atoms with Gasteiger partial charge in [-0.15, -0.1) is 0 Å². The molecule has 2 nitrogen and oxygen atoms in total. The number of nitrogens with one attached hydrogen (secondary N) is 1. The van der Waals surface area contributed by atoms with Gasteiger partial charge in [0, 0.05) is 12.6 Å². The fourth-order valence-electron chi connectivity index (χ4n) is 1.82. The highest BCUT2D eigenvalue weighted by atomic mass is 35.5. The van der Waals surface area contributed by atoms with Gasteiger partial charge in [0.2, 0.25) is 0 Å². The number of halogens is 2. The van der Waals surface area contributed by atoms with E-state index in [1.54, 1.807) is 13.1 Å². The van der Waals surface area contributed by atoms with Crippen LogP contribution in [0.25, 0.3) is 11.1 Å². The predicted octanol–water partition coefficient (Wildman–Crippen LogP) is 4.57. The zero-order chi connectivity index (χ0) is 13.1. The number of nitrogens with zero attached hydrogens (tertiary/aromatic N) is 1. The van der Waals surface area contributed by atoms with E-state index in [0.29, 0.717) is 21.3 Å². The summed E-state index contributed by atoms with van der Waals surface area (Å²) in [6.45, 7) is 0. The smallest absolute Gasteiger partial charge is 0.102 e. The molecular weight excluding hydrogens is 267 g/mol. The van der Waals surface area contributed by atoms with Gasteiger partial charge in [0.25, 0.3) is 0 Å². The third kappa shape index (κ3) is 2.15. The van der Waals surface area contributed by atoms with Gasteiger partial charge in [-0.3, -0.25) is 0 Å². The maximum atomic E-state index is 9.32. The van der Waals surface area contributed by atoms with Gasteiger partial charge in [0.15, 0.2) is 0 Å². The third-order valence-corrected chi connectivity index (χ3v) is 3.45. The van der Waals surface area contributed by atoms with E-state index in [-0.39, 0.29) is 0 Å². The second-order valence-corrected chi connectivity index (χ2v) is 4.48. The molecule has 1 N–H and O–H groups in total. The molecule has 0 aliphatic heterocycles. The van der Waals surface area contributed by atoms with Crippen molar-refractivity contribution in [1.82, 2.24) is 0 Å². The Hall–Kier alpha value is -1.69. The van der Waals surface area contributed by atoms with E-state index in [1.807, 2.05) is 30.3 Å². The third-order valence-electron chi connectivity index (χ3n) is 2.67. The summed E-state index contributed by atoms with van der Waals surface area (Å²) in [4.78, 5) is 0. The molecule has 18 heavy (non-hydrogen) atoms. The quantitative estimate of drug-likeness (QED) is 0.872. The first-order valence-corrected chi connectivity index (χ1v) is 6.10. The zero-order valence-electron chi connectivity index (χ0n) is 9.67. The number of benzene rings is 2. The molecule has 0 aliphatic carbocycles. The van der Waals surface area contributed by atoms with Gasteiger partial charge in [-0.1, -0.05) is 53.5 Å². The van der Waals surface area contributed by atoms with Gasteiger partial charge >= 0.3 is 0 Å². The second-order valence-electron chi connectivity index (χ2n) is 3.70. The van der Waals surface area contributed by atoms with E-state index < -0.39 is 0 Å². The highest BCUT2D eigenvalue weighted by Gasteiger charge is 2.16. The molecule has 2 rings (SSSR count). The van der Waals surface area contributed by atoms with Gasteiger partial charge in [0.05, 0.1) is 21.3 Å². The van der Waals surface area contributed by atoms with Crippen molar-refractivity contribution in [3.8, 4) is 17.2 Å². The Bertz CT molecular complexity index is 616. The molecule has 0 saturated carbocycles. The van der Waals surface area contributed by atoms with Crippen molar-refractivity contribution in [2.75, 3.05) is 12.4 Å².